The molecule has 8 heteroatoms. The second-order valence-electron chi connectivity index (χ2n) is 6.27. The van der Waals surface area contributed by atoms with Crippen molar-refractivity contribution >= 4 is 49.1 Å². The first-order chi connectivity index (χ1) is 11.5. The number of fused-ring (bicyclic) bond motifs is 1. The molecule has 2 aromatic heterocycles. The minimum absolute atomic E-state index is 0.0290. The molecule has 0 spiro atoms. The molecule has 0 aliphatic carbocycles. The van der Waals surface area contributed by atoms with Crippen molar-refractivity contribution in [2.45, 2.75) is 32.2 Å². The van der Waals surface area contributed by atoms with E-state index in [9.17, 15) is 9.59 Å². The Hall–Kier alpha value is -1.67. The highest BCUT2D eigenvalue weighted by atomic mass is 32.1. The number of carbonyl (C=O) groups is 2. The maximum atomic E-state index is 12.4. The van der Waals surface area contributed by atoms with Gasteiger partial charge in [-0.2, -0.15) is 0 Å². The topological polar surface area (TPSA) is 65.5 Å². The number of anilines is 1. The van der Waals surface area contributed by atoms with Gasteiger partial charge in [-0.05, 0) is 25.8 Å². The Morgan fingerprint density at radius 2 is 2.21 bits per heavy atom. The van der Waals surface area contributed by atoms with Crippen LogP contribution in [-0.2, 0) is 4.79 Å². The van der Waals surface area contributed by atoms with Gasteiger partial charge in [0.2, 0.25) is 5.91 Å². The van der Waals surface area contributed by atoms with Crippen molar-refractivity contribution in [1.29, 1.82) is 0 Å². The van der Waals surface area contributed by atoms with Crippen molar-refractivity contribution in [3.05, 3.63) is 10.9 Å². The van der Waals surface area contributed by atoms with Crippen LogP contribution in [0.2, 0.25) is 0 Å². The Morgan fingerprint density at radius 3 is 2.88 bits per heavy atom. The molecule has 1 unspecified atom stereocenters. The zero-order valence-electron chi connectivity index (χ0n) is 14.2. The normalized spacial score (nSPS) is 16.5. The van der Waals surface area contributed by atoms with Gasteiger partial charge in [0.1, 0.15) is 4.83 Å². The Labute approximate surface area is 149 Å². The summed E-state index contributed by atoms with van der Waals surface area (Å²) in [7, 11) is 3.92. The molecule has 1 N–H and O–H groups in total. The molecule has 1 atom stereocenters. The summed E-state index contributed by atoms with van der Waals surface area (Å²) in [5.41, 5.74) is 0. The van der Waals surface area contributed by atoms with E-state index in [4.69, 9.17) is 0 Å². The number of aromatic nitrogens is 1. The molecule has 2 amide bonds. The molecule has 1 aliphatic heterocycles. The number of piperidine rings is 1. The van der Waals surface area contributed by atoms with E-state index in [1.807, 2.05) is 36.9 Å². The van der Waals surface area contributed by atoms with E-state index in [0.29, 0.717) is 17.8 Å². The Balaban J connectivity index is 1.60. The number of amides is 2. The van der Waals surface area contributed by atoms with Gasteiger partial charge in [-0.15, -0.1) is 11.3 Å². The standard InChI is InChI=1S/C16H22N4O2S2/c1-10(20-7-5-4-6-13(20)21)9-17-14(22)11-8-12-15(23-11)18-16(24-12)19(2)3/h8,10H,4-7,9H2,1-3H3,(H,17,22). The van der Waals surface area contributed by atoms with E-state index in [1.165, 1.54) is 11.3 Å². The number of likely N-dealkylation sites (tertiary alicyclic amines) is 1. The van der Waals surface area contributed by atoms with E-state index < -0.39 is 0 Å². The molecule has 6 nitrogen and oxygen atoms in total. The molecule has 1 fully saturated rings. The van der Waals surface area contributed by atoms with Crippen LogP contribution in [0.5, 0.6) is 0 Å². The molecule has 24 heavy (non-hydrogen) atoms. The number of nitrogens with one attached hydrogen (secondary N) is 1. The zero-order valence-corrected chi connectivity index (χ0v) is 15.8. The fourth-order valence-corrected chi connectivity index (χ4v) is 4.81. The lowest BCUT2D eigenvalue weighted by Crippen LogP contribution is -2.47. The van der Waals surface area contributed by atoms with Crippen molar-refractivity contribution in [3.8, 4) is 0 Å². The van der Waals surface area contributed by atoms with Crippen molar-refractivity contribution < 1.29 is 9.59 Å². The van der Waals surface area contributed by atoms with Crippen LogP contribution in [0.3, 0.4) is 0 Å². The summed E-state index contributed by atoms with van der Waals surface area (Å²) in [4.78, 5) is 34.2. The SMILES string of the molecule is CC(CNC(=O)c1cc2sc(N(C)C)nc2s1)N1CCCCC1=O. The molecule has 0 bridgehead atoms. The number of carbonyl (C=O) groups excluding carboxylic acids is 2. The highest BCUT2D eigenvalue weighted by Crippen LogP contribution is 2.33. The summed E-state index contributed by atoms with van der Waals surface area (Å²) in [5, 5.41) is 3.89. The number of thiazole rings is 1. The minimum atomic E-state index is -0.0899. The third-order valence-corrected chi connectivity index (χ3v) is 6.46. The lowest BCUT2D eigenvalue weighted by Gasteiger charge is -2.32. The van der Waals surface area contributed by atoms with Gasteiger partial charge in [-0.25, -0.2) is 4.98 Å². The molecule has 0 radical (unpaired) electrons. The van der Waals surface area contributed by atoms with Gasteiger partial charge >= 0.3 is 0 Å². The maximum Gasteiger partial charge on any atom is 0.261 e. The van der Waals surface area contributed by atoms with Crippen LogP contribution >= 0.6 is 22.7 Å². The summed E-state index contributed by atoms with van der Waals surface area (Å²) >= 11 is 2.99. The highest BCUT2D eigenvalue weighted by Gasteiger charge is 2.23. The van der Waals surface area contributed by atoms with Crippen molar-refractivity contribution in [1.82, 2.24) is 15.2 Å². The third-order valence-electron chi connectivity index (χ3n) is 4.13. The molecular formula is C16H22N4O2S2. The van der Waals surface area contributed by atoms with E-state index in [0.717, 1.165) is 34.0 Å². The average Bonchev–Trinajstić information content (AvgIpc) is 3.11. The first kappa shape index (κ1) is 17.2. The van der Waals surface area contributed by atoms with Gasteiger partial charge < -0.3 is 15.1 Å². The van der Waals surface area contributed by atoms with Crippen molar-refractivity contribution in [3.63, 3.8) is 0 Å². The van der Waals surface area contributed by atoms with Crippen LogP contribution in [0.1, 0.15) is 35.9 Å². The van der Waals surface area contributed by atoms with Crippen LogP contribution in [0, 0.1) is 0 Å². The zero-order chi connectivity index (χ0) is 17.3. The molecule has 130 valence electrons. The van der Waals surface area contributed by atoms with Gasteiger partial charge in [0.15, 0.2) is 5.13 Å². The number of hydrogen-bond donors (Lipinski definition) is 1. The van der Waals surface area contributed by atoms with Gasteiger partial charge in [0.25, 0.3) is 5.91 Å². The van der Waals surface area contributed by atoms with Crippen molar-refractivity contribution in [2.24, 2.45) is 0 Å². The first-order valence-electron chi connectivity index (χ1n) is 8.11. The van der Waals surface area contributed by atoms with E-state index in [1.54, 1.807) is 11.3 Å². The van der Waals surface area contributed by atoms with E-state index >= 15 is 0 Å². The van der Waals surface area contributed by atoms with Gasteiger partial charge in [0, 0.05) is 39.6 Å². The summed E-state index contributed by atoms with van der Waals surface area (Å²) in [6.45, 7) is 3.26. The number of nitrogens with zero attached hydrogens (tertiary/aromatic N) is 3. The first-order valence-corrected chi connectivity index (χ1v) is 9.74. The summed E-state index contributed by atoms with van der Waals surface area (Å²) in [5.74, 6) is 0.105. The quantitative estimate of drug-likeness (QED) is 0.883. The molecule has 2 aromatic rings. The van der Waals surface area contributed by atoms with E-state index in [2.05, 4.69) is 10.3 Å². The molecule has 0 saturated carbocycles. The Morgan fingerprint density at radius 1 is 1.42 bits per heavy atom. The monoisotopic (exact) mass is 366 g/mol. The second-order valence-corrected chi connectivity index (χ2v) is 8.31. The van der Waals surface area contributed by atoms with Gasteiger partial charge in [-0.3, -0.25) is 9.59 Å². The van der Waals surface area contributed by atoms with E-state index in [-0.39, 0.29) is 17.9 Å². The third kappa shape index (κ3) is 3.54. The fraction of sp³-hybridized carbons (Fsp3) is 0.562. The largest absolute Gasteiger partial charge is 0.354 e. The summed E-state index contributed by atoms with van der Waals surface area (Å²) in [6.07, 6.45) is 2.65. The molecule has 0 aromatic carbocycles. The molecule has 3 heterocycles. The predicted molar refractivity (Wildman–Crippen MR) is 99.2 cm³/mol. The lowest BCUT2D eigenvalue weighted by atomic mass is 10.1. The lowest BCUT2D eigenvalue weighted by molar-refractivity contribution is -0.135. The Bertz CT molecular complexity index is 721. The summed E-state index contributed by atoms with van der Waals surface area (Å²) < 4.78 is 1.04. The predicted octanol–water partition coefficient (Wildman–Crippen LogP) is 2.55. The van der Waals surface area contributed by atoms with Crippen LogP contribution in [0.25, 0.3) is 9.53 Å². The van der Waals surface area contributed by atoms with Crippen LogP contribution < -0.4 is 10.2 Å². The Kier molecular flexibility index (Phi) is 5.05. The average molecular weight is 367 g/mol. The minimum Gasteiger partial charge on any atom is -0.354 e. The fourth-order valence-electron chi connectivity index (χ4n) is 2.76. The smallest absolute Gasteiger partial charge is 0.261 e. The number of thiophene rings is 1. The van der Waals surface area contributed by atoms with Crippen LogP contribution in [-0.4, -0.2) is 54.9 Å². The van der Waals surface area contributed by atoms with Gasteiger partial charge in [0.05, 0.1) is 9.58 Å². The van der Waals surface area contributed by atoms with Crippen LogP contribution in [0.15, 0.2) is 6.07 Å². The van der Waals surface area contributed by atoms with Crippen molar-refractivity contribution in [2.75, 3.05) is 32.1 Å². The molecule has 1 saturated heterocycles. The number of hydrogen-bond acceptors (Lipinski definition) is 6. The molecular weight excluding hydrogens is 344 g/mol. The summed E-state index contributed by atoms with van der Waals surface area (Å²) in [6, 6.07) is 1.93. The maximum absolute atomic E-state index is 12.4. The van der Waals surface area contributed by atoms with Gasteiger partial charge in [-0.1, -0.05) is 11.3 Å². The second kappa shape index (κ2) is 7.06. The molecule has 3 rings (SSSR count). The number of rotatable bonds is 5. The molecule has 1 aliphatic rings. The van der Waals surface area contributed by atoms with Crippen LogP contribution in [0.4, 0.5) is 5.13 Å². The highest BCUT2D eigenvalue weighted by molar-refractivity contribution is 7.29.